The normalized spacial score (nSPS) is 12.6. The number of hydrogen-bond donors (Lipinski definition) is 2. The van der Waals surface area contributed by atoms with Crippen molar-refractivity contribution in [3.63, 3.8) is 0 Å². The van der Waals surface area contributed by atoms with E-state index in [-0.39, 0.29) is 36.0 Å². The smallest absolute Gasteiger partial charge is 0.229 e. The van der Waals surface area contributed by atoms with E-state index in [1.807, 2.05) is 32.9 Å². The van der Waals surface area contributed by atoms with Gasteiger partial charge in [-0.2, -0.15) is 0 Å². The zero-order chi connectivity index (χ0) is 27.4. The molecule has 0 radical (unpaired) electrons. The minimum atomic E-state index is -3.63. The number of pyridine rings is 1. The summed E-state index contributed by atoms with van der Waals surface area (Å²) in [5.41, 5.74) is 2.20. The van der Waals surface area contributed by atoms with Gasteiger partial charge in [0.2, 0.25) is 21.8 Å². The molecule has 2 aromatic carbocycles. The molecular weight excluding hydrogens is 500 g/mol. The molecule has 0 saturated carbocycles. The zero-order valence-corrected chi connectivity index (χ0v) is 22.2. The van der Waals surface area contributed by atoms with Crippen LogP contribution in [-0.4, -0.2) is 25.6 Å². The van der Waals surface area contributed by atoms with Crippen molar-refractivity contribution in [2.75, 3.05) is 11.0 Å². The first-order valence-corrected chi connectivity index (χ1v) is 13.5. The Labute approximate surface area is 216 Å². The number of sulfonamides is 1. The van der Waals surface area contributed by atoms with Crippen molar-refractivity contribution in [2.45, 2.75) is 52.2 Å². The number of nitrogens with one attached hydrogen (secondary N) is 2. The van der Waals surface area contributed by atoms with Gasteiger partial charge in [-0.3, -0.25) is 9.52 Å². The molecule has 10 heteroatoms. The Morgan fingerprint density at radius 2 is 1.73 bits per heavy atom. The SMILES string of the molecule is CC(C(=O)NCc1ccc(C(C)(C)C)nc1OCc1ccc(F)cc1)c1ccc(NS(C)(=O)=O)c(F)c1. The second-order valence-electron chi connectivity index (χ2n) is 9.88. The van der Waals surface area contributed by atoms with Crippen LogP contribution < -0.4 is 14.8 Å². The third-order valence-electron chi connectivity index (χ3n) is 5.63. The minimum Gasteiger partial charge on any atom is -0.473 e. The summed E-state index contributed by atoms with van der Waals surface area (Å²) in [4.78, 5) is 17.5. The first-order chi connectivity index (χ1) is 17.2. The fraction of sp³-hybridized carbons (Fsp3) is 0.333. The number of carbonyl (C=O) groups is 1. The lowest BCUT2D eigenvalue weighted by molar-refractivity contribution is -0.122. The predicted molar refractivity (Wildman–Crippen MR) is 139 cm³/mol. The molecule has 0 fully saturated rings. The molecule has 7 nitrogen and oxygen atoms in total. The monoisotopic (exact) mass is 531 g/mol. The molecular formula is C27H31F2N3O4S. The van der Waals surface area contributed by atoms with E-state index in [9.17, 15) is 22.0 Å². The van der Waals surface area contributed by atoms with Crippen LogP contribution in [0.2, 0.25) is 0 Å². The minimum absolute atomic E-state index is 0.121. The van der Waals surface area contributed by atoms with Crippen LogP contribution in [0.5, 0.6) is 5.88 Å². The van der Waals surface area contributed by atoms with Crippen molar-refractivity contribution in [3.05, 3.63) is 88.6 Å². The third-order valence-corrected chi connectivity index (χ3v) is 6.22. The number of aromatic nitrogens is 1. The second-order valence-corrected chi connectivity index (χ2v) is 11.6. The van der Waals surface area contributed by atoms with Crippen LogP contribution in [0.1, 0.15) is 56.0 Å². The molecule has 0 bridgehead atoms. The van der Waals surface area contributed by atoms with E-state index in [0.29, 0.717) is 17.0 Å². The number of anilines is 1. The van der Waals surface area contributed by atoms with Gasteiger partial charge in [-0.05, 0) is 48.4 Å². The number of halogens is 2. The van der Waals surface area contributed by atoms with Crippen molar-refractivity contribution in [1.29, 1.82) is 0 Å². The zero-order valence-electron chi connectivity index (χ0n) is 21.4. The van der Waals surface area contributed by atoms with Crippen LogP contribution in [0.25, 0.3) is 0 Å². The number of amides is 1. The summed E-state index contributed by atoms with van der Waals surface area (Å²) in [5.74, 6) is -1.82. The van der Waals surface area contributed by atoms with Gasteiger partial charge in [-0.15, -0.1) is 0 Å². The molecule has 0 aliphatic carbocycles. The molecule has 1 heterocycles. The Balaban J connectivity index is 1.74. The summed E-state index contributed by atoms with van der Waals surface area (Å²) < 4.78 is 58.4. The highest BCUT2D eigenvalue weighted by Gasteiger charge is 2.21. The largest absolute Gasteiger partial charge is 0.473 e. The van der Waals surface area contributed by atoms with Crippen molar-refractivity contribution >= 4 is 21.6 Å². The average molecular weight is 532 g/mol. The van der Waals surface area contributed by atoms with Gasteiger partial charge in [0.15, 0.2) is 0 Å². The van der Waals surface area contributed by atoms with Gasteiger partial charge < -0.3 is 10.1 Å². The molecule has 0 aliphatic rings. The Bertz CT molecular complexity index is 1370. The van der Waals surface area contributed by atoms with Crippen LogP contribution in [-0.2, 0) is 33.4 Å². The molecule has 2 N–H and O–H groups in total. The van der Waals surface area contributed by atoms with Gasteiger partial charge in [0.05, 0.1) is 17.9 Å². The van der Waals surface area contributed by atoms with Crippen molar-refractivity contribution < 1.29 is 26.7 Å². The Morgan fingerprint density at radius 1 is 1.05 bits per heavy atom. The van der Waals surface area contributed by atoms with Crippen LogP contribution in [0.4, 0.5) is 14.5 Å². The van der Waals surface area contributed by atoms with Crippen LogP contribution in [0.3, 0.4) is 0 Å². The molecule has 198 valence electrons. The fourth-order valence-corrected chi connectivity index (χ4v) is 4.01. The maximum Gasteiger partial charge on any atom is 0.229 e. The highest BCUT2D eigenvalue weighted by Crippen LogP contribution is 2.27. The third kappa shape index (κ3) is 7.98. The van der Waals surface area contributed by atoms with E-state index in [1.165, 1.54) is 24.3 Å². The number of carbonyl (C=O) groups excluding carboxylic acids is 1. The second kappa shape index (κ2) is 11.2. The fourth-order valence-electron chi connectivity index (χ4n) is 3.45. The Hall–Kier alpha value is -3.53. The molecule has 0 spiro atoms. The van der Waals surface area contributed by atoms with E-state index in [4.69, 9.17) is 4.74 Å². The number of rotatable bonds is 9. The Morgan fingerprint density at radius 3 is 2.32 bits per heavy atom. The standard InChI is InChI=1S/C27H31F2N3O4S/c1-17(19-8-12-23(22(29)14-19)32-37(5,34)35)25(33)30-15-20-9-13-24(27(2,3)4)31-26(20)36-16-18-6-10-21(28)11-7-18/h6-14,17,32H,15-16H2,1-5H3,(H,30,33). The van der Waals surface area contributed by atoms with Crippen LogP contribution in [0.15, 0.2) is 54.6 Å². The summed E-state index contributed by atoms with van der Waals surface area (Å²) in [7, 11) is -3.63. The lowest BCUT2D eigenvalue weighted by Crippen LogP contribution is -2.28. The summed E-state index contributed by atoms with van der Waals surface area (Å²) in [6.45, 7) is 8.00. The van der Waals surface area contributed by atoms with E-state index >= 15 is 0 Å². The summed E-state index contributed by atoms with van der Waals surface area (Å²) in [5, 5.41) is 2.83. The molecule has 37 heavy (non-hydrogen) atoms. The maximum atomic E-state index is 14.4. The summed E-state index contributed by atoms with van der Waals surface area (Å²) >= 11 is 0. The average Bonchev–Trinajstić information content (AvgIpc) is 2.81. The van der Waals surface area contributed by atoms with E-state index < -0.39 is 21.8 Å². The molecule has 1 atom stereocenters. The quantitative estimate of drug-likeness (QED) is 0.404. The lowest BCUT2D eigenvalue weighted by atomic mass is 9.91. The predicted octanol–water partition coefficient (Wildman–Crippen LogP) is 5.03. The molecule has 1 aromatic heterocycles. The highest BCUT2D eigenvalue weighted by atomic mass is 32.2. The summed E-state index contributed by atoms with van der Waals surface area (Å²) in [6.07, 6.45) is 0.928. The van der Waals surface area contributed by atoms with Gasteiger partial charge in [0, 0.05) is 23.2 Å². The van der Waals surface area contributed by atoms with E-state index in [1.54, 1.807) is 19.1 Å². The first kappa shape index (κ1) is 28.0. The van der Waals surface area contributed by atoms with Gasteiger partial charge in [-0.1, -0.05) is 45.0 Å². The molecule has 3 aromatic rings. The molecule has 0 saturated heterocycles. The number of ether oxygens (including phenoxy) is 1. The van der Waals surface area contributed by atoms with Crippen LogP contribution in [0, 0.1) is 11.6 Å². The number of benzene rings is 2. The van der Waals surface area contributed by atoms with Crippen LogP contribution >= 0.6 is 0 Å². The van der Waals surface area contributed by atoms with Crippen molar-refractivity contribution in [2.24, 2.45) is 0 Å². The van der Waals surface area contributed by atoms with E-state index in [2.05, 4.69) is 15.0 Å². The van der Waals surface area contributed by atoms with E-state index in [0.717, 1.165) is 23.6 Å². The first-order valence-electron chi connectivity index (χ1n) is 11.7. The van der Waals surface area contributed by atoms with Gasteiger partial charge in [-0.25, -0.2) is 22.2 Å². The molecule has 0 aliphatic heterocycles. The lowest BCUT2D eigenvalue weighted by Gasteiger charge is -2.21. The number of nitrogens with zero attached hydrogens (tertiary/aromatic N) is 1. The van der Waals surface area contributed by atoms with Gasteiger partial charge in [0.1, 0.15) is 18.2 Å². The van der Waals surface area contributed by atoms with Gasteiger partial charge >= 0.3 is 0 Å². The molecule has 3 rings (SSSR count). The highest BCUT2D eigenvalue weighted by molar-refractivity contribution is 7.92. The molecule has 1 amide bonds. The Kier molecular flexibility index (Phi) is 8.53. The molecule has 1 unspecified atom stereocenters. The topological polar surface area (TPSA) is 97.4 Å². The summed E-state index contributed by atoms with van der Waals surface area (Å²) in [6, 6.07) is 13.6. The van der Waals surface area contributed by atoms with Crippen molar-refractivity contribution in [3.8, 4) is 5.88 Å². The van der Waals surface area contributed by atoms with Gasteiger partial charge in [0.25, 0.3) is 0 Å². The van der Waals surface area contributed by atoms with Crippen molar-refractivity contribution in [1.82, 2.24) is 10.3 Å². The maximum absolute atomic E-state index is 14.4. The number of hydrogen-bond acceptors (Lipinski definition) is 5.